The number of carbonyl (C=O) groups excluding carboxylic acids is 1. The number of aryl methyl sites for hydroxylation is 1. The summed E-state index contributed by atoms with van der Waals surface area (Å²) in [5.41, 5.74) is 0.0602. The summed E-state index contributed by atoms with van der Waals surface area (Å²) < 4.78 is 7.02. The molecule has 7 heteroatoms. The number of nitrogens with zero attached hydrogens (tertiary/aromatic N) is 2. The first-order valence-corrected chi connectivity index (χ1v) is 7.66. The Balaban J connectivity index is 1.76. The fraction of sp³-hybridized carbons (Fsp3) is 0.714. The average Bonchev–Trinajstić information content (AvgIpc) is 2.90. The van der Waals surface area contributed by atoms with Gasteiger partial charge in [-0.15, -0.1) is 0 Å². The van der Waals surface area contributed by atoms with Gasteiger partial charge in [0.1, 0.15) is 0 Å². The molecule has 1 aliphatic heterocycles. The van der Waals surface area contributed by atoms with Gasteiger partial charge in [-0.3, -0.25) is 9.48 Å². The Hall–Kier alpha value is -1.11. The first-order chi connectivity index (χ1) is 10.1. The normalized spacial score (nSPS) is 17.6. The van der Waals surface area contributed by atoms with Crippen LogP contribution in [0.25, 0.3) is 0 Å². The van der Waals surface area contributed by atoms with Crippen molar-refractivity contribution in [3.63, 3.8) is 0 Å². The molecule has 0 saturated carbocycles. The summed E-state index contributed by atoms with van der Waals surface area (Å²) in [6.45, 7) is 3.85. The second kappa shape index (κ2) is 7.77. The highest BCUT2D eigenvalue weighted by Crippen LogP contribution is 2.28. The van der Waals surface area contributed by atoms with Crippen LogP contribution >= 0.6 is 11.6 Å². The number of amides is 1. The lowest BCUT2D eigenvalue weighted by molar-refractivity contribution is -0.122. The van der Waals surface area contributed by atoms with E-state index in [9.17, 15) is 4.79 Å². The maximum absolute atomic E-state index is 12.0. The molecule has 2 rings (SSSR count). The average molecular weight is 315 g/mol. The number of rotatable bonds is 7. The van der Waals surface area contributed by atoms with Crippen LogP contribution in [-0.2, 0) is 16.1 Å². The lowest BCUT2D eigenvalue weighted by atomic mass is 9.79. The predicted octanol–water partition coefficient (Wildman–Crippen LogP) is 1.06. The first-order valence-electron chi connectivity index (χ1n) is 7.28. The number of hydrogen-bond donors (Lipinski definition) is 2. The highest BCUT2D eigenvalue weighted by molar-refractivity contribution is 6.30. The lowest BCUT2D eigenvalue weighted by Crippen LogP contribution is -2.47. The number of aromatic nitrogens is 2. The van der Waals surface area contributed by atoms with Gasteiger partial charge in [-0.1, -0.05) is 11.6 Å². The molecule has 21 heavy (non-hydrogen) atoms. The third kappa shape index (κ3) is 4.98. The third-order valence-corrected chi connectivity index (χ3v) is 4.14. The van der Waals surface area contributed by atoms with Crippen molar-refractivity contribution in [3.8, 4) is 0 Å². The second-order valence-electron chi connectivity index (χ2n) is 5.63. The number of nitrogens with one attached hydrogen (secondary N) is 2. The smallest absolute Gasteiger partial charge is 0.221 e. The molecule has 0 aromatic carbocycles. The Morgan fingerprint density at radius 3 is 2.95 bits per heavy atom. The van der Waals surface area contributed by atoms with Gasteiger partial charge in [0.05, 0.1) is 17.8 Å². The standard InChI is InChI=1S/C14H23ClN4O2/c1-21-11-14(3-5-16-6-4-14)10-17-13(20)2-7-19-9-12(15)8-18-19/h8-9,16H,2-7,10-11H2,1H3,(H,17,20). The molecule has 1 saturated heterocycles. The minimum Gasteiger partial charge on any atom is -0.384 e. The van der Waals surface area contributed by atoms with Crippen molar-refractivity contribution >= 4 is 17.5 Å². The monoisotopic (exact) mass is 314 g/mol. The molecule has 6 nitrogen and oxygen atoms in total. The minimum atomic E-state index is 0.0376. The molecule has 1 fully saturated rings. The Morgan fingerprint density at radius 1 is 1.57 bits per heavy atom. The van der Waals surface area contributed by atoms with Gasteiger partial charge >= 0.3 is 0 Å². The van der Waals surface area contributed by atoms with Crippen LogP contribution in [0.2, 0.25) is 5.02 Å². The molecule has 0 aliphatic carbocycles. The van der Waals surface area contributed by atoms with E-state index in [-0.39, 0.29) is 11.3 Å². The summed E-state index contributed by atoms with van der Waals surface area (Å²) in [6, 6.07) is 0. The molecule has 1 aromatic rings. The summed E-state index contributed by atoms with van der Waals surface area (Å²) in [5, 5.41) is 11.0. The van der Waals surface area contributed by atoms with Crippen LogP contribution in [0, 0.1) is 5.41 Å². The minimum absolute atomic E-state index is 0.0376. The van der Waals surface area contributed by atoms with Crippen LogP contribution < -0.4 is 10.6 Å². The Labute approximate surface area is 130 Å². The van der Waals surface area contributed by atoms with Crippen LogP contribution in [0.15, 0.2) is 12.4 Å². The maximum atomic E-state index is 12.0. The maximum Gasteiger partial charge on any atom is 0.221 e. The van der Waals surface area contributed by atoms with Gasteiger partial charge in [0, 0.05) is 38.2 Å². The molecule has 118 valence electrons. The molecule has 0 atom stereocenters. The van der Waals surface area contributed by atoms with Crippen LogP contribution in [-0.4, -0.2) is 49.0 Å². The number of methoxy groups -OCH3 is 1. The van der Waals surface area contributed by atoms with Gasteiger partial charge in [-0.05, 0) is 25.9 Å². The first kappa shape index (κ1) is 16.3. The van der Waals surface area contributed by atoms with Crippen molar-refractivity contribution in [2.75, 3.05) is 33.4 Å². The second-order valence-corrected chi connectivity index (χ2v) is 6.07. The Kier molecular flexibility index (Phi) is 6.02. The largest absolute Gasteiger partial charge is 0.384 e. The number of carbonyl (C=O) groups is 1. The van der Waals surface area contributed by atoms with E-state index in [1.54, 1.807) is 24.2 Å². The third-order valence-electron chi connectivity index (χ3n) is 3.94. The van der Waals surface area contributed by atoms with Crippen molar-refractivity contribution < 1.29 is 9.53 Å². The predicted molar refractivity (Wildman–Crippen MR) is 81.3 cm³/mol. The molecule has 1 amide bonds. The highest BCUT2D eigenvalue weighted by atomic mass is 35.5. The van der Waals surface area contributed by atoms with E-state index >= 15 is 0 Å². The molecule has 2 N–H and O–H groups in total. The Morgan fingerprint density at radius 2 is 2.33 bits per heavy atom. The fourth-order valence-corrected chi connectivity index (χ4v) is 2.84. The fourth-order valence-electron chi connectivity index (χ4n) is 2.69. The van der Waals surface area contributed by atoms with Gasteiger partial charge in [-0.25, -0.2) is 0 Å². The van der Waals surface area contributed by atoms with E-state index in [0.717, 1.165) is 25.9 Å². The molecular weight excluding hydrogens is 292 g/mol. The van der Waals surface area contributed by atoms with E-state index in [1.165, 1.54) is 0 Å². The van der Waals surface area contributed by atoms with Crippen molar-refractivity contribution in [2.24, 2.45) is 5.41 Å². The lowest BCUT2D eigenvalue weighted by Gasteiger charge is -2.37. The van der Waals surface area contributed by atoms with Crippen molar-refractivity contribution in [2.45, 2.75) is 25.8 Å². The van der Waals surface area contributed by atoms with Gasteiger partial charge < -0.3 is 15.4 Å². The summed E-state index contributed by atoms with van der Waals surface area (Å²) in [5.74, 6) is 0.0376. The van der Waals surface area contributed by atoms with E-state index in [2.05, 4.69) is 15.7 Å². The van der Waals surface area contributed by atoms with Crippen LogP contribution in [0.4, 0.5) is 0 Å². The van der Waals surface area contributed by atoms with Crippen molar-refractivity contribution in [1.82, 2.24) is 20.4 Å². The van der Waals surface area contributed by atoms with E-state index in [4.69, 9.17) is 16.3 Å². The summed E-state index contributed by atoms with van der Waals surface area (Å²) in [4.78, 5) is 12.0. The van der Waals surface area contributed by atoms with Gasteiger partial charge in [0.25, 0.3) is 0 Å². The molecule has 2 heterocycles. The quantitative estimate of drug-likeness (QED) is 0.789. The number of hydrogen-bond acceptors (Lipinski definition) is 4. The highest BCUT2D eigenvalue weighted by Gasteiger charge is 2.32. The van der Waals surface area contributed by atoms with E-state index in [1.807, 2.05) is 0 Å². The zero-order chi connectivity index (χ0) is 15.1. The SMILES string of the molecule is COCC1(CNC(=O)CCn2cc(Cl)cn2)CCNCC1. The molecule has 0 radical (unpaired) electrons. The topological polar surface area (TPSA) is 68.2 Å². The van der Waals surface area contributed by atoms with Crippen molar-refractivity contribution in [1.29, 1.82) is 0 Å². The van der Waals surface area contributed by atoms with Crippen LogP contribution in [0.1, 0.15) is 19.3 Å². The van der Waals surface area contributed by atoms with Crippen LogP contribution in [0.5, 0.6) is 0 Å². The van der Waals surface area contributed by atoms with E-state index < -0.39 is 0 Å². The van der Waals surface area contributed by atoms with E-state index in [0.29, 0.717) is 31.1 Å². The molecular formula is C14H23ClN4O2. The molecule has 1 aromatic heterocycles. The van der Waals surface area contributed by atoms with Crippen molar-refractivity contribution in [3.05, 3.63) is 17.4 Å². The molecule has 0 unspecified atom stereocenters. The summed E-state index contributed by atoms with van der Waals surface area (Å²) in [7, 11) is 1.72. The van der Waals surface area contributed by atoms with Crippen LogP contribution in [0.3, 0.4) is 0 Å². The zero-order valence-electron chi connectivity index (χ0n) is 12.4. The number of ether oxygens (including phenoxy) is 1. The molecule has 0 spiro atoms. The van der Waals surface area contributed by atoms with Gasteiger partial charge in [0.2, 0.25) is 5.91 Å². The summed E-state index contributed by atoms with van der Waals surface area (Å²) >= 11 is 5.79. The molecule has 0 bridgehead atoms. The Bertz CT molecular complexity index is 452. The van der Waals surface area contributed by atoms with Gasteiger partial charge in [-0.2, -0.15) is 5.10 Å². The number of piperidine rings is 1. The molecule has 1 aliphatic rings. The summed E-state index contributed by atoms with van der Waals surface area (Å²) in [6.07, 6.45) is 5.74. The zero-order valence-corrected chi connectivity index (χ0v) is 13.2. The van der Waals surface area contributed by atoms with Gasteiger partial charge in [0.15, 0.2) is 0 Å². The number of halogens is 1.